The van der Waals surface area contributed by atoms with Gasteiger partial charge >= 0.3 is 0 Å². The van der Waals surface area contributed by atoms with Crippen molar-refractivity contribution in [2.75, 3.05) is 10.8 Å². The largest absolute Gasteiger partial charge is 0.287 e. The molecule has 0 aliphatic heterocycles. The molecule has 32 heavy (non-hydrogen) atoms. The minimum atomic E-state index is -3.62. The lowest BCUT2D eigenvalue weighted by atomic mass is 10.1. The van der Waals surface area contributed by atoms with Crippen LogP contribution in [0, 0.1) is 12.3 Å². The van der Waals surface area contributed by atoms with Crippen molar-refractivity contribution < 1.29 is 13.2 Å². The van der Waals surface area contributed by atoms with Gasteiger partial charge in [-0.2, -0.15) is 5.10 Å². The second-order valence-corrected chi connectivity index (χ2v) is 10.6. The van der Waals surface area contributed by atoms with E-state index in [1.165, 1.54) is 21.8 Å². The molecule has 0 saturated heterocycles. The van der Waals surface area contributed by atoms with Crippen molar-refractivity contribution in [1.82, 2.24) is 14.6 Å². The Morgan fingerprint density at radius 3 is 2.75 bits per heavy atom. The Labute approximate surface area is 190 Å². The third-order valence-corrected chi connectivity index (χ3v) is 7.97. The number of sulfonamides is 1. The number of benzene rings is 1. The monoisotopic (exact) mass is 464 g/mol. The van der Waals surface area contributed by atoms with Gasteiger partial charge in [-0.05, 0) is 43.5 Å². The maximum atomic E-state index is 12.8. The predicted molar refractivity (Wildman–Crippen MR) is 126 cm³/mol. The second kappa shape index (κ2) is 8.57. The van der Waals surface area contributed by atoms with E-state index < -0.39 is 15.3 Å². The average molecular weight is 465 g/mol. The first kappa shape index (κ1) is 21.7. The summed E-state index contributed by atoms with van der Waals surface area (Å²) in [7, 11) is -3.62. The molecular formula is C23H20N4O3S2. The number of nitrogens with zero attached hydrogens (tertiary/aromatic N) is 4. The van der Waals surface area contributed by atoms with Crippen molar-refractivity contribution in [3.8, 4) is 23.6 Å². The van der Waals surface area contributed by atoms with Crippen LogP contribution in [0.5, 0.6) is 0 Å². The number of aromatic nitrogens is 3. The van der Waals surface area contributed by atoms with Gasteiger partial charge in [-0.1, -0.05) is 24.1 Å². The highest BCUT2D eigenvalue weighted by atomic mass is 32.2. The molecule has 0 aliphatic rings. The van der Waals surface area contributed by atoms with Crippen LogP contribution in [0.25, 0.3) is 16.9 Å². The average Bonchev–Trinajstić information content (AvgIpc) is 3.47. The maximum absolute atomic E-state index is 12.8. The van der Waals surface area contributed by atoms with Crippen LogP contribution in [-0.4, -0.2) is 40.6 Å². The summed E-state index contributed by atoms with van der Waals surface area (Å²) < 4.78 is 28.5. The Morgan fingerprint density at radius 2 is 2.06 bits per heavy atom. The van der Waals surface area contributed by atoms with Crippen LogP contribution in [0.15, 0.2) is 60.2 Å². The predicted octanol–water partition coefficient (Wildman–Crippen LogP) is 3.87. The fraction of sp³-hybridized carbons (Fsp3) is 0.174. The normalized spacial score (nSPS) is 11.6. The third-order valence-electron chi connectivity index (χ3n) is 4.96. The highest BCUT2D eigenvalue weighted by molar-refractivity contribution is 7.93. The number of terminal acetylenes is 1. The highest BCUT2D eigenvalue weighted by Gasteiger charge is 2.26. The van der Waals surface area contributed by atoms with Gasteiger partial charge in [0.05, 0.1) is 39.8 Å². The molecule has 0 fully saturated rings. The van der Waals surface area contributed by atoms with Crippen molar-refractivity contribution >= 4 is 38.5 Å². The lowest BCUT2D eigenvalue weighted by molar-refractivity contribution is 0.104. The number of thiophene rings is 1. The number of ketones is 1. The molecule has 0 amide bonds. The van der Waals surface area contributed by atoms with Gasteiger partial charge in [0.2, 0.25) is 15.8 Å². The van der Waals surface area contributed by atoms with Gasteiger partial charge in [0.25, 0.3) is 0 Å². The first-order valence-corrected chi connectivity index (χ1v) is 12.2. The molecule has 7 nitrogen and oxygen atoms in total. The number of rotatable bonds is 7. The van der Waals surface area contributed by atoms with Crippen molar-refractivity contribution in [2.24, 2.45) is 0 Å². The summed E-state index contributed by atoms with van der Waals surface area (Å²) in [6, 6.07) is 12.4. The lowest BCUT2D eigenvalue weighted by Crippen LogP contribution is -2.36. The summed E-state index contributed by atoms with van der Waals surface area (Å²) in [4.78, 5) is 17.8. The van der Waals surface area contributed by atoms with Crippen LogP contribution in [0.3, 0.4) is 0 Å². The summed E-state index contributed by atoms with van der Waals surface area (Å²) in [5.74, 6) is 2.29. The van der Waals surface area contributed by atoms with E-state index in [4.69, 9.17) is 6.42 Å². The number of anilines is 1. The molecule has 0 aliphatic carbocycles. The maximum Gasteiger partial charge on any atom is 0.238 e. The molecule has 0 spiro atoms. The first-order chi connectivity index (χ1) is 15.3. The van der Waals surface area contributed by atoms with E-state index in [-0.39, 0.29) is 12.3 Å². The SMILES string of the molecule is C#CCN(c1cccc(-c2ccnc3c(C(=O)c4cccs4)cnn23)c1)S(=O)(=O)C(C)C. The molecule has 0 unspecified atom stereocenters. The molecule has 9 heteroatoms. The Bertz CT molecular complexity index is 1430. The van der Waals surface area contributed by atoms with Gasteiger partial charge in [0.1, 0.15) is 0 Å². The zero-order chi connectivity index (χ0) is 22.9. The molecule has 0 bridgehead atoms. The van der Waals surface area contributed by atoms with E-state index in [0.717, 1.165) is 0 Å². The fourth-order valence-electron chi connectivity index (χ4n) is 3.30. The Hall–Kier alpha value is -3.48. The van der Waals surface area contributed by atoms with Gasteiger partial charge in [-0.15, -0.1) is 17.8 Å². The topological polar surface area (TPSA) is 84.6 Å². The molecule has 3 heterocycles. The van der Waals surface area contributed by atoms with E-state index in [9.17, 15) is 13.2 Å². The fourth-order valence-corrected chi connectivity index (χ4v) is 5.15. The van der Waals surface area contributed by atoms with Crippen LogP contribution in [0.2, 0.25) is 0 Å². The van der Waals surface area contributed by atoms with Gasteiger partial charge in [0.15, 0.2) is 5.65 Å². The number of fused-ring (bicyclic) bond motifs is 1. The van der Waals surface area contributed by atoms with E-state index in [2.05, 4.69) is 16.0 Å². The van der Waals surface area contributed by atoms with Gasteiger partial charge in [0, 0.05) is 11.8 Å². The minimum absolute atomic E-state index is 0.0725. The standard InChI is InChI=1S/C23H20N4O3S2/c1-4-12-26(32(29,30)16(2)3)18-8-5-7-17(14-18)20-10-11-24-23-19(15-25-27(20)23)22(28)21-9-6-13-31-21/h1,5-11,13-16H,12H2,2-3H3. The Morgan fingerprint density at radius 1 is 1.25 bits per heavy atom. The van der Waals surface area contributed by atoms with E-state index in [1.54, 1.807) is 54.9 Å². The zero-order valence-electron chi connectivity index (χ0n) is 17.5. The third kappa shape index (κ3) is 3.79. The van der Waals surface area contributed by atoms with Crippen LogP contribution in [0.1, 0.15) is 29.1 Å². The lowest BCUT2D eigenvalue weighted by Gasteiger charge is -2.25. The molecule has 4 aromatic rings. The highest BCUT2D eigenvalue weighted by Crippen LogP contribution is 2.28. The van der Waals surface area contributed by atoms with Crippen LogP contribution >= 0.6 is 11.3 Å². The zero-order valence-corrected chi connectivity index (χ0v) is 19.1. The van der Waals surface area contributed by atoms with Crippen molar-refractivity contribution in [3.05, 3.63) is 70.7 Å². The van der Waals surface area contributed by atoms with E-state index in [1.807, 2.05) is 17.5 Å². The molecule has 0 N–H and O–H groups in total. The smallest absolute Gasteiger partial charge is 0.238 e. The van der Waals surface area contributed by atoms with Crippen LogP contribution in [0.4, 0.5) is 5.69 Å². The summed E-state index contributed by atoms with van der Waals surface area (Å²) in [5, 5.41) is 5.61. The molecule has 162 valence electrons. The quantitative estimate of drug-likeness (QED) is 0.306. The molecule has 1 aromatic carbocycles. The minimum Gasteiger partial charge on any atom is -0.287 e. The summed E-state index contributed by atoms with van der Waals surface area (Å²) in [5.41, 5.74) is 2.68. The van der Waals surface area contributed by atoms with Gasteiger partial charge < -0.3 is 0 Å². The summed E-state index contributed by atoms with van der Waals surface area (Å²) >= 11 is 1.36. The van der Waals surface area contributed by atoms with Gasteiger partial charge in [-0.25, -0.2) is 17.9 Å². The molecule has 0 saturated carbocycles. The van der Waals surface area contributed by atoms with Crippen molar-refractivity contribution in [3.63, 3.8) is 0 Å². The number of carbonyl (C=O) groups excluding carboxylic acids is 1. The summed E-state index contributed by atoms with van der Waals surface area (Å²) in [6.07, 6.45) is 8.56. The van der Waals surface area contributed by atoms with Crippen molar-refractivity contribution in [1.29, 1.82) is 0 Å². The number of hydrogen-bond acceptors (Lipinski definition) is 6. The summed E-state index contributed by atoms with van der Waals surface area (Å²) in [6.45, 7) is 3.16. The second-order valence-electron chi connectivity index (χ2n) is 7.28. The molecule has 0 radical (unpaired) electrons. The first-order valence-electron chi connectivity index (χ1n) is 9.81. The van der Waals surface area contributed by atoms with Gasteiger partial charge in [-0.3, -0.25) is 9.10 Å². The van der Waals surface area contributed by atoms with E-state index >= 15 is 0 Å². The van der Waals surface area contributed by atoms with Crippen LogP contribution < -0.4 is 4.31 Å². The van der Waals surface area contributed by atoms with E-state index in [0.29, 0.717) is 33.0 Å². The molecule has 4 rings (SSSR count). The number of carbonyl (C=O) groups is 1. The number of hydrogen-bond donors (Lipinski definition) is 0. The molecular weight excluding hydrogens is 444 g/mol. The molecule has 0 atom stereocenters. The van der Waals surface area contributed by atoms with Crippen molar-refractivity contribution in [2.45, 2.75) is 19.1 Å². The van der Waals surface area contributed by atoms with Crippen LogP contribution in [-0.2, 0) is 10.0 Å². The Kier molecular flexibility index (Phi) is 5.82. The Balaban J connectivity index is 1.81. The molecule has 3 aromatic heterocycles.